The lowest BCUT2D eigenvalue weighted by Gasteiger charge is -2.09. The normalized spacial score (nSPS) is 11.9. The fraction of sp³-hybridized carbons (Fsp3) is 0.538. The Labute approximate surface area is 107 Å². The molecule has 1 aromatic heterocycles. The monoisotopic (exact) mass is 252 g/mol. The molecule has 18 heavy (non-hydrogen) atoms. The van der Waals surface area contributed by atoms with Crippen molar-refractivity contribution >= 4 is 11.7 Å². The van der Waals surface area contributed by atoms with Crippen molar-refractivity contribution in [2.45, 2.75) is 19.8 Å². The summed E-state index contributed by atoms with van der Waals surface area (Å²) >= 11 is 0. The molecule has 1 atom stereocenters. The van der Waals surface area contributed by atoms with Gasteiger partial charge in [0.25, 0.3) is 0 Å². The molecule has 0 bridgehead atoms. The number of nitrogens with zero attached hydrogens (tertiary/aromatic N) is 1. The summed E-state index contributed by atoms with van der Waals surface area (Å²) in [6.07, 6.45) is 3.51. The lowest BCUT2D eigenvalue weighted by Crippen LogP contribution is -2.08. The van der Waals surface area contributed by atoms with E-state index in [1.54, 1.807) is 12.3 Å². The number of nitrogens with one attached hydrogen (secondary N) is 1. The van der Waals surface area contributed by atoms with Crippen LogP contribution in [0.4, 0.5) is 5.69 Å². The van der Waals surface area contributed by atoms with Gasteiger partial charge in [-0.3, -0.25) is 0 Å². The molecule has 0 aliphatic rings. The molecule has 1 unspecified atom stereocenters. The molecule has 2 N–H and O–H groups in total. The van der Waals surface area contributed by atoms with E-state index in [1.165, 1.54) is 7.11 Å². The van der Waals surface area contributed by atoms with Crippen LogP contribution in [0.3, 0.4) is 0 Å². The van der Waals surface area contributed by atoms with Gasteiger partial charge < -0.3 is 15.2 Å². The Morgan fingerprint density at radius 2 is 2.39 bits per heavy atom. The zero-order valence-electron chi connectivity index (χ0n) is 10.8. The second-order valence-corrected chi connectivity index (χ2v) is 4.28. The second-order valence-electron chi connectivity index (χ2n) is 4.28. The number of ether oxygens (including phenoxy) is 1. The van der Waals surface area contributed by atoms with Crippen molar-refractivity contribution in [3.63, 3.8) is 0 Å². The van der Waals surface area contributed by atoms with Gasteiger partial charge in [0.05, 0.1) is 7.11 Å². The zero-order valence-corrected chi connectivity index (χ0v) is 10.8. The van der Waals surface area contributed by atoms with Crippen LogP contribution in [0.2, 0.25) is 0 Å². The van der Waals surface area contributed by atoms with Gasteiger partial charge in [-0.15, -0.1) is 0 Å². The third-order valence-corrected chi connectivity index (χ3v) is 2.67. The van der Waals surface area contributed by atoms with Crippen molar-refractivity contribution in [1.82, 2.24) is 4.98 Å². The summed E-state index contributed by atoms with van der Waals surface area (Å²) in [7, 11) is 1.33. The Morgan fingerprint density at radius 3 is 3.06 bits per heavy atom. The first-order chi connectivity index (χ1) is 8.67. The molecule has 5 heteroatoms. The predicted octanol–water partition coefficient (Wildman–Crippen LogP) is 1.69. The van der Waals surface area contributed by atoms with Gasteiger partial charge in [-0.25, -0.2) is 9.78 Å². The van der Waals surface area contributed by atoms with E-state index in [1.807, 2.05) is 13.0 Å². The number of aromatic nitrogens is 1. The highest BCUT2D eigenvalue weighted by Crippen LogP contribution is 2.10. The van der Waals surface area contributed by atoms with Crippen LogP contribution < -0.4 is 5.32 Å². The smallest absolute Gasteiger partial charge is 0.356 e. The van der Waals surface area contributed by atoms with Crippen LogP contribution in [0.1, 0.15) is 30.3 Å². The quantitative estimate of drug-likeness (QED) is 0.570. The predicted molar refractivity (Wildman–Crippen MR) is 69.6 cm³/mol. The molecule has 0 radical (unpaired) electrons. The van der Waals surface area contributed by atoms with E-state index in [0.29, 0.717) is 11.6 Å². The Morgan fingerprint density at radius 1 is 1.61 bits per heavy atom. The van der Waals surface area contributed by atoms with Crippen LogP contribution in [0.5, 0.6) is 0 Å². The minimum absolute atomic E-state index is 0.224. The third-order valence-electron chi connectivity index (χ3n) is 2.67. The van der Waals surface area contributed by atoms with E-state index >= 15 is 0 Å². The van der Waals surface area contributed by atoms with Crippen LogP contribution in [-0.2, 0) is 4.74 Å². The highest BCUT2D eigenvalue weighted by molar-refractivity contribution is 5.88. The van der Waals surface area contributed by atoms with Crippen LogP contribution in [-0.4, -0.2) is 36.3 Å². The maximum Gasteiger partial charge on any atom is 0.356 e. The molecule has 0 aliphatic carbocycles. The molecule has 0 aliphatic heterocycles. The molecule has 100 valence electrons. The SMILES string of the molecule is COC(=O)c1cc(NCCCC(C)CO)ccn1. The summed E-state index contributed by atoms with van der Waals surface area (Å²) in [5, 5.41) is 12.1. The first-order valence-corrected chi connectivity index (χ1v) is 6.06. The molecule has 0 amide bonds. The zero-order chi connectivity index (χ0) is 13.4. The average Bonchev–Trinajstić information content (AvgIpc) is 2.42. The number of hydrogen-bond acceptors (Lipinski definition) is 5. The van der Waals surface area contributed by atoms with Gasteiger partial charge in [0.2, 0.25) is 0 Å². The second kappa shape index (κ2) is 7.66. The number of esters is 1. The number of pyridine rings is 1. The first-order valence-electron chi connectivity index (χ1n) is 6.06. The fourth-order valence-corrected chi connectivity index (χ4v) is 1.53. The van der Waals surface area contributed by atoms with E-state index in [-0.39, 0.29) is 6.61 Å². The molecule has 0 saturated heterocycles. The van der Waals surface area contributed by atoms with E-state index < -0.39 is 5.97 Å². The van der Waals surface area contributed by atoms with Gasteiger partial charge in [-0.1, -0.05) is 6.92 Å². The van der Waals surface area contributed by atoms with Gasteiger partial charge >= 0.3 is 5.97 Å². The van der Waals surface area contributed by atoms with Crippen molar-refractivity contribution in [3.05, 3.63) is 24.0 Å². The van der Waals surface area contributed by atoms with Gasteiger partial charge in [-0.05, 0) is 30.9 Å². The molecule has 0 saturated carbocycles. The molecule has 0 fully saturated rings. The molecule has 5 nitrogen and oxygen atoms in total. The van der Waals surface area contributed by atoms with Crippen LogP contribution in [0.15, 0.2) is 18.3 Å². The Hall–Kier alpha value is -1.62. The van der Waals surface area contributed by atoms with E-state index in [0.717, 1.165) is 25.1 Å². The average molecular weight is 252 g/mol. The number of aliphatic hydroxyl groups excluding tert-OH is 1. The fourth-order valence-electron chi connectivity index (χ4n) is 1.53. The summed E-state index contributed by atoms with van der Waals surface area (Å²) in [5.41, 5.74) is 1.15. The number of carbonyl (C=O) groups is 1. The minimum atomic E-state index is -0.437. The number of aliphatic hydroxyl groups is 1. The molecular weight excluding hydrogens is 232 g/mol. The third kappa shape index (κ3) is 4.71. The van der Waals surface area contributed by atoms with Crippen LogP contribution >= 0.6 is 0 Å². The highest BCUT2D eigenvalue weighted by atomic mass is 16.5. The summed E-state index contributed by atoms with van der Waals surface area (Å²) in [6.45, 7) is 3.04. The maximum atomic E-state index is 11.3. The largest absolute Gasteiger partial charge is 0.464 e. The number of hydrogen-bond donors (Lipinski definition) is 2. The molecule has 1 aromatic rings. The number of carbonyl (C=O) groups excluding carboxylic acids is 1. The first kappa shape index (κ1) is 14.4. The van der Waals surface area contributed by atoms with Gasteiger partial charge in [-0.2, -0.15) is 0 Å². The van der Waals surface area contributed by atoms with E-state index in [2.05, 4.69) is 15.0 Å². The highest BCUT2D eigenvalue weighted by Gasteiger charge is 2.07. The number of anilines is 1. The summed E-state index contributed by atoms with van der Waals surface area (Å²) < 4.78 is 4.61. The topological polar surface area (TPSA) is 71.5 Å². The number of methoxy groups -OCH3 is 1. The summed E-state index contributed by atoms with van der Waals surface area (Å²) in [5.74, 6) is -0.109. The molecule has 0 spiro atoms. The van der Waals surface area contributed by atoms with Crippen molar-refractivity contribution in [2.75, 3.05) is 25.6 Å². The summed E-state index contributed by atoms with van der Waals surface area (Å²) in [4.78, 5) is 15.2. The van der Waals surface area contributed by atoms with Gasteiger partial charge in [0, 0.05) is 25.0 Å². The van der Waals surface area contributed by atoms with E-state index in [4.69, 9.17) is 5.11 Å². The Balaban J connectivity index is 2.40. The molecule has 1 heterocycles. The Kier molecular flexibility index (Phi) is 6.14. The molecule has 1 rings (SSSR count). The van der Waals surface area contributed by atoms with Crippen molar-refractivity contribution in [3.8, 4) is 0 Å². The van der Waals surface area contributed by atoms with Crippen molar-refractivity contribution in [2.24, 2.45) is 5.92 Å². The minimum Gasteiger partial charge on any atom is -0.464 e. The summed E-state index contributed by atoms with van der Waals surface area (Å²) in [6, 6.07) is 3.48. The molecular formula is C13H20N2O3. The lowest BCUT2D eigenvalue weighted by molar-refractivity contribution is 0.0594. The molecule has 0 aromatic carbocycles. The standard InChI is InChI=1S/C13H20N2O3/c1-10(9-16)4-3-6-14-11-5-7-15-12(8-11)13(17)18-2/h5,7-8,10,16H,3-4,6,9H2,1-2H3,(H,14,15). The van der Waals surface area contributed by atoms with Crippen molar-refractivity contribution in [1.29, 1.82) is 0 Å². The van der Waals surface area contributed by atoms with Crippen LogP contribution in [0.25, 0.3) is 0 Å². The lowest BCUT2D eigenvalue weighted by atomic mass is 10.1. The van der Waals surface area contributed by atoms with Gasteiger partial charge in [0.15, 0.2) is 0 Å². The number of rotatable bonds is 7. The van der Waals surface area contributed by atoms with Crippen molar-refractivity contribution < 1.29 is 14.6 Å². The maximum absolute atomic E-state index is 11.3. The van der Waals surface area contributed by atoms with E-state index in [9.17, 15) is 4.79 Å². The Bertz CT molecular complexity index is 382. The van der Waals surface area contributed by atoms with Gasteiger partial charge in [0.1, 0.15) is 5.69 Å². The van der Waals surface area contributed by atoms with Crippen LogP contribution in [0, 0.1) is 5.92 Å².